The summed E-state index contributed by atoms with van der Waals surface area (Å²) < 4.78 is 5.82. The third-order valence-corrected chi connectivity index (χ3v) is 3.99. The molecule has 1 aliphatic heterocycles. The number of hydrogen-bond acceptors (Lipinski definition) is 4. The van der Waals surface area contributed by atoms with Gasteiger partial charge in [-0.25, -0.2) is 0 Å². The van der Waals surface area contributed by atoms with Gasteiger partial charge in [-0.05, 0) is 25.6 Å². The number of aromatic nitrogens is 1. The van der Waals surface area contributed by atoms with Gasteiger partial charge >= 0.3 is 0 Å². The van der Waals surface area contributed by atoms with E-state index in [0.29, 0.717) is 0 Å². The van der Waals surface area contributed by atoms with Crippen LogP contribution in [0.2, 0.25) is 0 Å². The van der Waals surface area contributed by atoms with Crippen LogP contribution in [-0.4, -0.2) is 49.3 Å². The molecule has 0 radical (unpaired) electrons. The van der Waals surface area contributed by atoms with Crippen molar-refractivity contribution in [2.75, 3.05) is 38.6 Å². The monoisotopic (exact) mass is 285 g/mol. The van der Waals surface area contributed by atoms with Crippen LogP contribution in [0.1, 0.15) is 12.6 Å². The van der Waals surface area contributed by atoms with Gasteiger partial charge < -0.3 is 15.0 Å². The Hall–Kier alpha value is -1.65. The smallest absolute Gasteiger partial charge is 0.0874 e. The third kappa shape index (κ3) is 3.34. The van der Waals surface area contributed by atoms with Crippen LogP contribution in [-0.2, 0) is 11.2 Å². The summed E-state index contributed by atoms with van der Waals surface area (Å²) >= 11 is 0. The fourth-order valence-electron chi connectivity index (χ4n) is 2.77. The molecule has 3 rings (SSSR count). The molecule has 1 aromatic carbocycles. The van der Waals surface area contributed by atoms with E-state index < -0.39 is 0 Å². The lowest BCUT2D eigenvalue weighted by Gasteiger charge is -2.30. The first-order valence-electron chi connectivity index (χ1n) is 7.69. The van der Waals surface area contributed by atoms with Crippen LogP contribution in [0.15, 0.2) is 30.3 Å². The highest BCUT2D eigenvalue weighted by molar-refractivity contribution is 5.91. The second-order valence-electron chi connectivity index (χ2n) is 5.67. The Bertz CT molecular complexity index is 614. The van der Waals surface area contributed by atoms with Crippen LogP contribution in [0.25, 0.3) is 10.9 Å². The minimum atomic E-state index is 0.251. The van der Waals surface area contributed by atoms with Crippen LogP contribution in [0.4, 0.5) is 5.69 Å². The number of pyridine rings is 1. The van der Waals surface area contributed by atoms with E-state index in [1.165, 1.54) is 5.39 Å². The Labute approximate surface area is 126 Å². The van der Waals surface area contributed by atoms with Crippen molar-refractivity contribution < 1.29 is 4.74 Å². The predicted octanol–water partition coefficient (Wildman–Crippen LogP) is 2.54. The maximum Gasteiger partial charge on any atom is 0.0874 e. The van der Waals surface area contributed by atoms with Crippen LogP contribution in [0, 0.1) is 0 Å². The molecule has 1 aromatic heterocycles. The van der Waals surface area contributed by atoms with Gasteiger partial charge in [0.1, 0.15) is 0 Å². The van der Waals surface area contributed by atoms with Gasteiger partial charge in [-0.1, -0.05) is 25.1 Å². The topological polar surface area (TPSA) is 37.4 Å². The fourth-order valence-corrected chi connectivity index (χ4v) is 2.77. The molecule has 1 atom stereocenters. The number of rotatable bonds is 4. The summed E-state index contributed by atoms with van der Waals surface area (Å²) in [5.74, 6) is 0. The Morgan fingerprint density at radius 2 is 2.24 bits per heavy atom. The third-order valence-electron chi connectivity index (χ3n) is 3.99. The fraction of sp³-hybridized carbons (Fsp3) is 0.471. The zero-order valence-corrected chi connectivity index (χ0v) is 12.8. The molecule has 0 amide bonds. The Morgan fingerprint density at radius 1 is 1.38 bits per heavy atom. The van der Waals surface area contributed by atoms with Gasteiger partial charge in [-0.15, -0.1) is 0 Å². The number of aryl methyl sites for hydroxylation is 1. The van der Waals surface area contributed by atoms with E-state index in [1.54, 1.807) is 0 Å². The highest BCUT2D eigenvalue weighted by Gasteiger charge is 2.17. The van der Waals surface area contributed by atoms with Gasteiger partial charge in [0.2, 0.25) is 0 Å². The van der Waals surface area contributed by atoms with Crippen molar-refractivity contribution in [2.24, 2.45) is 0 Å². The number of benzene rings is 1. The largest absolute Gasteiger partial charge is 0.382 e. The van der Waals surface area contributed by atoms with Crippen molar-refractivity contribution in [2.45, 2.75) is 19.4 Å². The molecule has 112 valence electrons. The van der Waals surface area contributed by atoms with E-state index in [2.05, 4.69) is 53.4 Å². The van der Waals surface area contributed by atoms with Gasteiger partial charge in [0, 0.05) is 36.4 Å². The summed E-state index contributed by atoms with van der Waals surface area (Å²) in [4.78, 5) is 7.00. The van der Waals surface area contributed by atoms with Crippen molar-refractivity contribution in [1.29, 1.82) is 0 Å². The van der Waals surface area contributed by atoms with Crippen molar-refractivity contribution in [1.82, 2.24) is 9.88 Å². The first-order valence-corrected chi connectivity index (χ1v) is 7.69. The average Bonchev–Trinajstić information content (AvgIpc) is 2.52. The Balaban J connectivity index is 1.79. The lowest BCUT2D eigenvalue weighted by Crippen LogP contribution is -2.43. The number of para-hydroxylation sites is 1. The lowest BCUT2D eigenvalue weighted by molar-refractivity contribution is -0.0117. The van der Waals surface area contributed by atoms with Crippen LogP contribution in [0.5, 0.6) is 0 Å². The van der Waals surface area contributed by atoms with Crippen LogP contribution in [0.3, 0.4) is 0 Å². The Morgan fingerprint density at radius 3 is 3.05 bits per heavy atom. The van der Waals surface area contributed by atoms with Gasteiger partial charge in [0.05, 0.1) is 18.2 Å². The van der Waals surface area contributed by atoms with E-state index in [1.807, 2.05) is 6.07 Å². The summed E-state index contributed by atoms with van der Waals surface area (Å²) in [6.45, 7) is 5.80. The summed E-state index contributed by atoms with van der Waals surface area (Å²) in [6, 6.07) is 10.5. The molecule has 21 heavy (non-hydrogen) atoms. The molecule has 4 nitrogen and oxygen atoms in total. The number of likely N-dealkylation sites (N-methyl/N-ethyl adjacent to an activating group) is 1. The number of nitrogens with one attached hydrogen (secondary N) is 1. The van der Waals surface area contributed by atoms with Crippen LogP contribution >= 0.6 is 0 Å². The van der Waals surface area contributed by atoms with E-state index in [4.69, 9.17) is 4.74 Å². The van der Waals surface area contributed by atoms with Crippen molar-refractivity contribution in [3.05, 3.63) is 36.0 Å². The predicted molar refractivity (Wildman–Crippen MR) is 86.8 cm³/mol. The number of hydrogen-bond donors (Lipinski definition) is 1. The lowest BCUT2D eigenvalue weighted by atomic mass is 10.1. The second-order valence-corrected chi connectivity index (χ2v) is 5.67. The van der Waals surface area contributed by atoms with Crippen molar-refractivity contribution in [3.63, 3.8) is 0 Å². The van der Waals surface area contributed by atoms with Gasteiger partial charge in [-0.3, -0.25) is 4.98 Å². The first-order chi connectivity index (χ1) is 10.3. The summed E-state index contributed by atoms with van der Waals surface area (Å²) in [7, 11) is 2.15. The number of anilines is 1. The first kappa shape index (κ1) is 14.3. The maximum absolute atomic E-state index is 5.82. The number of nitrogens with zero attached hydrogens (tertiary/aromatic N) is 2. The van der Waals surface area contributed by atoms with Gasteiger partial charge in [-0.2, -0.15) is 0 Å². The quantitative estimate of drug-likeness (QED) is 0.937. The van der Waals surface area contributed by atoms with Gasteiger partial charge in [0.15, 0.2) is 0 Å². The molecule has 0 bridgehead atoms. The Kier molecular flexibility index (Phi) is 4.36. The van der Waals surface area contributed by atoms with Gasteiger partial charge in [0.25, 0.3) is 0 Å². The molecule has 0 aliphatic carbocycles. The standard InChI is InChI=1S/C17H23N3O/c1-3-13-10-17(15-6-4-5-7-16(15)19-13)18-11-14-12-20(2)8-9-21-14/h4-7,10,14H,3,8-9,11-12H2,1-2H3,(H,18,19). The molecule has 1 fully saturated rings. The summed E-state index contributed by atoms with van der Waals surface area (Å²) in [6.07, 6.45) is 1.20. The SMILES string of the molecule is CCc1cc(NCC2CN(C)CCO2)c2ccccc2n1. The number of fused-ring (bicyclic) bond motifs is 1. The zero-order valence-electron chi connectivity index (χ0n) is 12.8. The van der Waals surface area contributed by atoms with Crippen molar-refractivity contribution in [3.8, 4) is 0 Å². The normalized spacial score (nSPS) is 19.8. The molecule has 1 unspecified atom stereocenters. The van der Waals surface area contributed by atoms with Crippen LogP contribution < -0.4 is 5.32 Å². The molecule has 2 aromatic rings. The molecule has 1 N–H and O–H groups in total. The highest BCUT2D eigenvalue weighted by Crippen LogP contribution is 2.23. The molecule has 0 saturated carbocycles. The molecule has 0 spiro atoms. The van der Waals surface area contributed by atoms with E-state index >= 15 is 0 Å². The minimum Gasteiger partial charge on any atom is -0.382 e. The summed E-state index contributed by atoms with van der Waals surface area (Å²) in [5.41, 5.74) is 3.34. The second kappa shape index (κ2) is 6.41. The molecule has 2 heterocycles. The molecular formula is C17H23N3O. The molecular weight excluding hydrogens is 262 g/mol. The van der Waals surface area contributed by atoms with E-state index in [-0.39, 0.29) is 6.10 Å². The molecule has 1 saturated heterocycles. The van der Waals surface area contributed by atoms with Crippen molar-refractivity contribution >= 4 is 16.6 Å². The van der Waals surface area contributed by atoms with E-state index in [9.17, 15) is 0 Å². The summed E-state index contributed by atoms with van der Waals surface area (Å²) in [5, 5.41) is 4.74. The number of ether oxygens (including phenoxy) is 1. The average molecular weight is 285 g/mol. The maximum atomic E-state index is 5.82. The highest BCUT2D eigenvalue weighted by atomic mass is 16.5. The zero-order chi connectivity index (χ0) is 14.7. The molecule has 1 aliphatic rings. The minimum absolute atomic E-state index is 0.251. The molecule has 4 heteroatoms. The number of morpholine rings is 1. The van der Waals surface area contributed by atoms with E-state index in [0.717, 1.165) is 49.6 Å².